The number of alkyl halides is 3. The van der Waals surface area contributed by atoms with E-state index in [1.807, 2.05) is 18.7 Å². The Labute approximate surface area is 200 Å². The van der Waals surface area contributed by atoms with E-state index in [4.69, 9.17) is 9.90 Å². The van der Waals surface area contributed by atoms with Gasteiger partial charge in [-0.1, -0.05) is 13.0 Å². The molecule has 1 aliphatic rings. The minimum atomic E-state index is -5.08. The number of aryl methyl sites for hydroxylation is 2. The number of carboxylic acids is 2. The molecular weight excluding hydrogens is 491 g/mol. The van der Waals surface area contributed by atoms with Crippen LogP contribution < -0.4 is 9.62 Å². The molecule has 9 nitrogen and oxygen atoms in total. The van der Waals surface area contributed by atoms with Gasteiger partial charge in [0, 0.05) is 19.3 Å². The van der Waals surface area contributed by atoms with Crippen molar-refractivity contribution < 1.29 is 41.4 Å². The van der Waals surface area contributed by atoms with Crippen LogP contribution in [0.1, 0.15) is 41.3 Å². The zero-order chi connectivity index (χ0) is 26.6. The van der Waals surface area contributed by atoms with Gasteiger partial charge in [-0.25, -0.2) is 23.0 Å². The van der Waals surface area contributed by atoms with Gasteiger partial charge in [-0.05, 0) is 61.9 Å². The normalized spacial score (nSPS) is 14.6. The first-order valence-electron chi connectivity index (χ1n) is 10.5. The summed E-state index contributed by atoms with van der Waals surface area (Å²) in [6, 6.07) is 6.24. The number of carbonyl (C=O) groups is 2. The van der Waals surface area contributed by atoms with Crippen molar-refractivity contribution in [1.82, 2.24) is 4.98 Å². The van der Waals surface area contributed by atoms with Gasteiger partial charge in [0.05, 0.1) is 16.1 Å². The Morgan fingerprint density at radius 3 is 2.14 bits per heavy atom. The second-order valence-corrected chi connectivity index (χ2v) is 9.91. The Balaban J connectivity index is 0.000000540. The molecule has 0 radical (unpaired) electrons. The number of nitrogens with one attached hydrogen (secondary N) is 1. The van der Waals surface area contributed by atoms with Crippen LogP contribution in [0.4, 0.5) is 24.7 Å². The molecule has 1 saturated heterocycles. The average molecular weight is 518 g/mol. The number of anilines is 2. The number of rotatable bonds is 5. The Morgan fingerprint density at radius 1 is 1.09 bits per heavy atom. The molecule has 0 spiro atoms. The van der Waals surface area contributed by atoms with Gasteiger partial charge in [-0.2, -0.15) is 13.2 Å². The van der Waals surface area contributed by atoms with Crippen molar-refractivity contribution in [2.45, 2.75) is 44.7 Å². The molecule has 0 saturated carbocycles. The first-order valence-corrected chi connectivity index (χ1v) is 12.0. The Morgan fingerprint density at radius 2 is 1.66 bits per heavy atom. The summed E-state index contributed by atoms with van der Waals surface area (Å²) in [5.41, 5.74) is 1.99. The molecule has 1 fully saturated rings. The second-order valence-electron chi connectivity index (χ2n) is 8.22. The van der Waals surface area contributed by atoms with Gasteiger partial charge in [0.2, 0.25) is 0 Å². The predicted octanol–water partition coefficient (Wildman–Crippen LogP) is 4.07. The van der Waals surface area contributed by atoms with Gasteiger partial charge in [0.25, 0.3) is 10.0 Å². The maximum atomic E-state index is 12.9. The molecule has 2 aromatic rings. The summed E-state index contributed by atoms with van der Waals surface area (Å²) in [5, 5.41) is 16.4. The molecular formula is C22H26F3N3O6S. The average Bonchev–Trinajstić information content (AvgIpc) is 2.75. The highest BCUT2D eigenvalue weighted by Gasteiger charge is 2.38. The number of halogens is 3. The number of hydrogen-bond donors (Lipinski definition) is 3. The number of sulfonamides is 1. The van der Waals surface area contributed by atoms with Crippen LogP contribution in [0.15, 0.2) is 35.4 Å². The quantitative estimate of drug-likeness (QED) is 0.540. The third kappa shape index (κ3) is 7.57. The third-order valence-corrected chi connectivity index (χ3v) is 6.84. The predicted molar refractivity (Wildman–Crippen MR) is 122 cm³/mol. The zero-order valence-electron chi connectivity index (χ0n) is 19.3. The topological polar surface area (TPSA) is 137 Å². The molecule has 3 N–H and O–H groups in total. The summed E-state index contributed by atoms with van der Waals surface area (Å²) in [6.45, 7) is 7.44. The highest BCUT2D eigenvalue weighted by atomic mass is 32.2. The summed E-state index contributed by atoms with van der Waals surface area (Å²) in [7, 11) is -3.88. The van der Waals surface area contributed by atoms with Gasteiger partial charge >= 0.3 is 18.1 Å². The summed E-state index contributed by atoms with van der Waals surface area (Å²) in [4.78, 5) is 26.7. The van der Waals surface area contributed by atoms with Crippen molar-refractivity contribution in [2.24, 2.45) is 5.92 Å². The number of aliphatic carboxylic acids is 1. The number of carboxylic acid groups (broad SMARTS) is 2. The molecule has 0 amide bonds. The second kappa shape index (κ2) is 10.9. The maximum absolute atomic E-state index is 12.9. The third-order valence-electron chi connectivity index (χ3n) is 5.47. The van der Waals surface area contributed by atoms with E-state index in [-0.39, 0.29) is 16.1 Å². The van der Waals surface area contributed by atoms with Crippen molar-refractivity contribution in [3.8, 4) is 0 Å². The Kier molecular flexibility index (Phi) is 8.71. The van der Waals surface area contributed by atoms with Crippen molar-refractivity contribution in [3.63, 3.8) is 0 Å². The van der Waals surface area contributed by atoms with Crippen LogP contribution in [0.2, 0.25) is 0 Å². The molecule has 0 bridgehead atoms. The summed E-state index contributed by atoms with van der Waals surface area (Å²) in [6.07, 6.45) is -1.86. The van der Waals surface area contributed by atoms with Crippen LogP contribution in [0.25, 0.3) is 0 Å². The van der Waals surface area contributed by atoms with Crippen LogP contribution in [-0.2, 0) is 14.8 Å². The molecule has 192 valence electrons. The number of hydrogen-bond acceptors (Lipinski definition) is 6. The van der Waals surface area contributed by atoms with Crippen LogP contribution >= 0.6 is 0 Å². The monoisotopic (exact) mass is 517 g/mol. The number of aromatic nitrogens is 1. The van der Waals surface area contributed by atoms with Gasteiger partial charge in [0.1, 0.15) is 0 Å². The van der Waals surface area contributed by atoms with Crippen LogP contribution in [0, 0.1) is 19.8 Å². The zero-order valence-corrected chi connectivity index (χ0v) is 20.1. The first-order chi connectivity index (χ1) is 16.1. The van der Waals surface area contributed by atoms with E-state index < -0.39 is 28.1 Å². The van der Waals surface area contributed by atoms with E-state index in [0.717, 1.165) is 37.1 Å². The van der Waals surface area contributed by atoms with Crippen molar-refractivity contribution in [2.75, 3.05) is 22.7 Å². The van der Waals surface area contributed by atoms with E-state index in [1.165, 1.54) is 12.3 Å². The molecule has 0 unspecified atom stereocenters. The van der Waals surface area contributed by atoms with Gasteiger partial charge in [0.15, 0.2) is 5.82 Å². The van der Waals surface area contributed by atoms with E-state index >= 15 is 0 Å². The lowest BCUT2D eigenvalue weighted by Gasteiger charge is -2.32. The number of pyridine rings is 1. The molecule has 1 aromatic heterocycles. The molecule has 3 rings (SSSR count). The highest BCUT2D eigenvalue weighted by Crippen LogP contribution is 2.30. The lowest BCUT2D eigenvalue weighted by molar-refractivity contribution is -0.192. The smallest absolute Gasteiger partial charge is 0.478 e. The minimum absolute atomic E-state index is 0.0630. The molecule has 13 heteroatoms. The van der Waals surface area contributed by atoms with E-state index in [2.05, 4.69) is 16.6 Å². The fraction of sp³-hybridized carbons (Fsp3) is 0.409. The van der Waals surface area contributed by atoms with Gasteiger partial charge < -0.3 is 15.1 Å². The molecule has 0 aliphatic carbocycles. The maximum Gasteiger partial charge on any atom is 0.490 e. The van der Waals surface area contributed by atoms with Crippen LogP contribution in [0.3, 0.4) is 0 Å². The van der Waals surface area contributed by atoms with Crippen molar-refractivity contribution in [3.05, 3.63) is 47.2 Å². The minimum Gasteiger partial charge on any atom is -0.478 e. The van der Waals surface area contributed by atoms with Gasteiger partial charge in [-0.15, -0.1) is 0 Å². The molecule has 35 heavy (non-hydrogen) atoms. The Hall–Kier alpha value is -3.35. The van der Waals surface area contributed by atoms with Crippen molar-refractivity contribution >= 4 is 33.5 Å². The van der Waals surface area contributed by atoms with E-state index in [0.29, 0.717) is 11.7 Å². The van der Waals surface area contributed by atoms with Gasteiger partial charge in [-0.3, -0.25) is 4.72 Å². The van der Waals surface area contributed by atoms with E-state index in [1.54, 1.807) is 18.2 Å². The number of nitrogens with zero attached hydrogens (tertiary/aromatic N) is 2. The molecule has 1 aliphatic heterocycles. The summed E-state index contributed by atoms with van der Waals surface area (Å²) >= 11 is 0. The Bertz CT molecular complexity index is 1190. The fourth-order valence-corrected chi connectivity index (χ4v) is 4.34. The summed E-state index contributed by atoms with van der Waals surface area (Å²) < 4.78 is 60.2. The standard InChI is InChI=1S/C20H25N3O4S.C2HF3O2/c1-13-6-8-23(9-7-13)19-18(11-16(12-21-19)20(24)25)22-28(26,27)17-5-4-14(2)15(3)10-17;3-2(4,5)1(6)7/h4-5,10-13,22H,6-9H2,1-3H3,(H,24,25);(H,6,7). The first kappa shape index (κ1) is 27.9. The highest BCUT2D eigenvalue weighted by molar-refractivity contribution is 7.92. The molecule has 0 atom stereocenters. The lowest BCUT2D eigenvalue weighted by atomic mass is 9.99. The SMILES string of the molecule is Cc1ccc(S(=O)(=O)Nc2cc(C(=O)O)cnc2N2CCC(C)CC2)cc1C.O=C(O)C(F)(F)F. The lowest BCUT2D eigenvalue weighted by Crippen LogP contribution is -2.34. The van der Waals surface area contributed by atoms with Crippen LogP contribution in [0.5, 0.6) is 0 Å². The summed E-state index contributed by atoms with van der Waals surface area (Å²) in [5.74, 6) is -2.85. The number of piperidine rings is 1. The molecule has 2 heterocycles. The fourth-order valence-electron chi connectivity index (χ4n) is 3.21. The van der Waals surface area contributed by atoms with Crippen molar-refractivity contribution in [1.29, 1.82) is 0 Å². The molecule has 1 aromatic carbocycles. The largest absolute Gasteiger partial charge is 0.490 e. The van der Waals surface area contributed by atoms with Crippen LogP contribution in [-0.4, -0.2) is 54.8 Å². The van der Waals surface area contributed by atoms with E-state index in [9.17, 15) is 31.5 Å². The number of benzene rings is 1. The number of aromatic carboxylic acids is 1.